The van der Waals surface area contributed by atoms with Gasteiger partial charge in [0.25, 0.3) is 0 Å². The van der Waals surface area contributed by atoms with Gasteiger partial charge in [0.05, 0.1) is 22.4 Å². The molecule has 0 fully saturated rings. The van der Waals surface area contributed by atoms with Gasteiger partial charge >= 0.3 is 21.1 Å². The zero-order chi connectivity index (χ0) is 36.0. The van der Waals surface area contributed by atoms with Crippen molar-refractivity contribution >= 4 is 43.6 Å². The Hall–Kier alpha value is -5.45. The van der Waals surface area contributed by atoms with E-state index in [1.807, 2.05) is 49.0 Å². The number of ether oxygens (including phenoxy) is 1. The molecule has 9 aromatic rings. The maximum Gasteiger partial charge on any atom is 2.00 e. The average Bonchev–Trinajstić information content (AvgIpc) is 3.78. The predicted molar refractivity (Wildman–Crippen MR) is 212 cm³/mol. The van der Waals surface area contributed by atoms with Crippen LogP contribution in [0, 0.1) is 67.5 Å². The van der Waals surface area contributed by atoms with E-state index >= 15 is 0 Å². The van der Waals surface area contributed by atoms with Crippen molar-refractivity contribution in [1.82, 2.24) is 23.9 Å². The van der Waals surface area contributed by atoms with Crippen molar-refractivity contribution in [2.75, 3.05) is 0 Å². The number of aromatic nitrogens is 5. The molecule has 0 aliphatic rings. The second-order valence-electron chi connectivity index (χ2n) is 14.2. The molecule has 4 heterocycles. The number of para-hydroxylation sites is 1. The first-order valence-electron chi connectivity index (χ1n) is 17.8. The van der Waals surface area contributed by atoms with Gasteiger partial charge in [0.2, 0.25) is 0 Å². The molecule has 0 amide bonds. The van der Waals surface area contributed by atoms with Gasteiger partial charge in [-0.25, -0.2) is 4.98 Å². The summed E-state index contributed by atoms with van der Waals surface area (Å²) in [6.45, 7) is 17.3. The fourth-order valence-electron chi connectivity index (χ4n) is 8.19. The van der Waals surface area contributed by atoms with Gasteiger partial charge in [0.1, 0.15) is 5.82 Å². The minimum atomic E-state index is 0. The molecular weight excluding hydrogens is 834 g/mol. The smallest absolute Gasteiger partial charge is 0.509 e. The monoisotopic (exact) mass is 872 g/mol. The number of fused-ring (bicyclic) bond motifs is 6. The van der Waals surface area contributed by atoms with Crippen molar-refractivity contribution in [2.45, 2.75) is 55.4 Å². The molecule has 264 valence electrons. The molecule has 9 rings (SSSR count). The summed E-state index contributed by atoms with van der Waals surface area (Å²) in [7, 11) is 0. The number of nitrogens with zero attached hydrogens (tertiary/aromatic N) is 5. The molecule has 0 N–H and O–H groups in total. The Kier molecular flexibility index (Phi) is 8.42. The molecule has 6 nitrogen and oxygen atoms in total. The van der Waals surface area contributed by atoms with E-state index in [9.17, 15) is 0 Å². The summed E-state index contributed by atoms with van der Waals surface area (Å²) < 4.78 is 13.1. The van der Waals surface area contributed by atoms with Crippen molar-refractivity contribution in [1.29, 1.82) is 0 Å². The Balaban J connectivity index is 0.00000400. The fraction of sp³-hybridized carbons (Fsp3) is 0.174. The van der Waals surface area contributed by atoms with E-state index in [1.54, 1.807) is 0 Å². The van der Waals surface area contributed by atoms with Crippen molar-refractivity contribution in [2.24, 2.45) is 0 Å². The van der Waals surface area contributed by atoms with Gasteiger partial charge < -0.3 is 13.9 Å². The number of benzene rings is 5. The zero-order valence-electron chi connectivity index (χ0n) is 31.1. The van der Waals surface area contributed by atoms with E-state index in [2.05, 4.69) is 129 Å². The predicted octanol–water partition coefficient (Wildman–Crippen LogP) is 11.3. The van der Waals surface area contributed by atoms with E-state index < -0.39 is 0 Å². The van der Waals surface area contributed by atoms with E-state index in [4.69, 9.17) is 9.72 Å². The first kappa shape index (κ1) is 34.6. The summed E-state index contributed by atoms with van der Waals surface area (Å²) in [5, 5.41) is 9.50. The number of aryl methyl sites for hydroxylation is 7. The van der Waals surface area contributed by atoms with Crippen LogP contribution in [0.1, 0.15) is 44.8 Å². The van der Waals surface area contributed by atoms with Crippen LogP contribution in [0.15, 0.2) is 91.1 Å². The molecule has 0 radical (unpaired) electrons. The van der Waals surface area contributed by atoms with Crippen LogP contribution in [0.3, 0.4) is 0 Å². The van der Waals surface area contributed by atoms with E-state index in [0.29, 0.717) is 11.5 Å². The van der Waals surface area contributed by atoms with Crippen LogP contribution in [0.5, 0.6) is 11.5 Å². The summed E-state index contributed by atoms with van der Waals surface area (Å²) in [6, 6.07) is 36.6. The van der Waals surface area contributed by atoms with Crippen LogP contribution in [-0.2, 0) is 21.1 Å². The molecule has 0 unspecified atom stereocenters. The van der Waals surface area contributed by atoms with Gasteiger partial charge in [-0.05, 0) is 106 Å². The minimum Gasteiger partial charge on any atom is -0.509 e. The van der Waals surface area contributed by atoms with Gasteiger partial charge in [0.15, 0.2) is 0 Å². The Morgan fingerprint density at radius 2 is 1.26 bits per heavy atom. The van der Waals surface area contributed by atoms with Crippen LogP contribution in [0.2, 0.25) is 0 Å². The van der Waals surface area contributed by atoms with Gasteiger partial charge in [-0.2, -0.15) is 17.2 Å². The van der Waals surface area contributed by atoms with E-state index in [-0.39, 0.29) is 21.1 Å². The molecule has 7 heteroatoms. The molecule has 0 saturated carbocycles. The molecule has 4 aromatic heterocycles. The van der Waals surface area contributed by atoms with E-state index in [1.165, 1.54) is 44.1 Å². The number of pyridine rings is 1. The largest absolute Gasteiger partial charge is 2.00 e. The van der Waals surface area contributed by atoms with Gasteiger partial charge in [-0.15, -0.1) is 35.7 Å². The van der Waals surface area contributed by atoms with Gasteiger partial charge in [-0.3, -0.25) is 4.68 Å². The minimum absolute atomic E-state index is 0. The third-order valence-electron chi connectivity index (χ3n) is 10.5. The summed E-state index contributed by atoms with van der Waals surface area (Å²) >= 11 is 0. The average molecular weight is 873 g/mol. The van der Waals surface area contributed by atoms with Crippen molar-refractivity contribution < 1.29 is 25.8 Å². The molecule has 5 aromatic carbocycles. The Labute approximate surface area is 323 Å². The summed E-state index contributed by atoms with van der Waals surface area (Å²) in [5.41, 5.74) is 15.7. The fourth-order valence-corrected chi connectivity index (χ4v) is 8.19. The van der Waals surface area contributed by atoms with Crippen molar-refractivity contribution in [3.8, 4) is 28.7 Å². The van der Waals surface area contributed by atoms with Gasteiger partial charge in [-0.1, -0.05) is 48.0 Å². The number of rotatable bonds is 5. The Morgan fingerprint density at radius 3 is 1.94 bits per heavy atom. The zero-order valence-corrected chi connectivity index (χ0v) is 33.4. The normalized spacial score (nSPS) is 11.6. The summed E-state index contributed by atoms with van der Waals surface area (Å²) in [6.07, 6.45) is 2.02. The van der Waals surface area contributed by atoms with Gasteiger partial charge in [0, 0.05) is 45.2 Å². The standard InChI is InChI=1S/C46H39N5O.Pt/c1-26-16-18-28(3)44-41(26)42-27(2)17-19-29(4)45(42)50(44)43-30(5)25-47-46(33(43)8)49-39-15-10-9-14-37(39)38-21-20-36(24-40(38)49)52-35-13-11-12-34(23-35)51-32(7)22-31(6)48-51;/h9-22,25H,1-8H3;/q-2;+2. The van der Waals surface area contributed by atoms with Crippen LogP contribution in [0.4, 0.5) is 0 Å². The molecule has 0 saturated heterocycles. The SMILES string of the molecule is Cc1cc(C)n(-c2[c-]c(Oc3[c-]c4c(cc3)c3ccccc3n4-c3ncc(C)c(-n4c5c(C)ccc(C)c5c5c(C)ccc(C)c54)c3C)ccc2)n1.[Pt+2]. The van der Waals surface area contributed by atoms with E-state index in [0.717, 1.165) is 61.5 Å². The van der Waals surface area contributed by atoms with Crippen LogP contribution < -0.4 is 4.74 Å². The molecule has 0 aliphatic heterocycles. The molecule has 53 heavy (non-hydrogen) atoms. The molecule has 0 spiro atoms. The number of hydrogen-bond acceptors (Lipinski definition) is 3. The first-order chi connectivity index (χ1) is 25.1. The quantitative estimate of drug-likeness (QED) is 0.162. The third-order valence-corrected chi connectivity index (χ3v) is 10.5. The second kappa shape index (κ2) is 12.9. The number of hydrogen-bond donors (Lipinski definition) is 0. The maximum atomic E-state index is 6.47. The van der Waals surface area contributed by atoms with Crippen LogP contribution >= 0.6 is 0 Å². The topological polar surface area (TPSA) is 49.8 Å². The Morgan fingerprint density at radius 1 is 0.604 bits per heavy atom. The van der Waals surface area contributed by atoms with Crippen molar-refractivity contribution in [3.63, 3.8) is 0 Å². The maximum absolute atomic E-state index is 6.47. The molecule has 0 aliphatic carbocycles. The van der Waals surface area contributed by atoms with Crippen molar-refractivity contribution in [3.05, 3.63) is 148 Å². The Bertz CT molecular complexity index is 2860. The summed E-state index contributed by atoms with van der Waals surface area (Å²) in [4.78, 5) is 5.17. The first-order valence-corrected chi connectivity index (χ1v) is 17.8. The molecule has 0 bridgehead atoms. The summed E-state index contributed by atoms with van der Waals surface area (Å²) in [5.74, 6) is 2.06. The third kappa shape index (κ3) is 5.34. The van der Waals surface area contributed by atoms with Crippen LogP contribution in [-0.4, -0.2) is 23.9 Å². The van der Waals surface area contributed by atoms with Crippen LogP contribution in [0.25, 0.3) is 60.8 Å². The molecular formula is C46H39N5OPt. The second-order valence-corrected chi connectivity index (χ2v) is 14.2. The molecule has 0 atom stereocenters.